The van der Waals surface area contributed by atoms with Gasteiger partial charge in [0.15, 0.2) is 0 Å². The van der Waals surface area contributed by atoms with E-state index in [0.717, 1.165) is 43.6 Å². The molecule has 3 aromatic rings. The molecule has 0 saturated carbocycles. The average Bonchev–Trinajstić information content (AvgIpc) is 3.28. The van der Waals surface area contributed by atoms with E-state index in [-0.39, 0.29) is 11.9 Å². The van der Waals surface area contributed by atoms with E-state index in [9.17, 15) is 4.79 Å². The van der Waals surface area contributed by atoms with Gasteiger partial charge in [0.1, 0.15) is 5.52 Å². The van der Waals surface area contributed by atoms with E-state index < -0.39 is 0 Å². The van der Waals surface area contributed by atoms with Crippen LogP contribution in [0.5, 0.6) is 0 Å². The van der Waals surface area contributed by atoms with Crippen molar-refractivity contribution >= 4 is 16.9 Å². The molecular weight excluding hydrogens is 326 g/mol. The molecule has 26 heavy (non-hydrogen) atoms. The Kier molecular flexibility index (Phi) is 4.67. The zero-order chi connectivity index (χ0) is 17.9. The minimum atomic E-state index is -0.0375. The van der Waals surface area contributed by atoms with Gasteiger partial charge in [-0.1, -0.05) is 35.5 Å². The van der Waals surface area contributed by atoms with Crippen LogP contribution in [0.4, 0.5) is 0 Å². The Morgan fingerprint density at radius 3 is 2.88 bits per heavy atom. The van der Waals surface area contributed by atoms with Gasteiger partial charge in [-0.15, -0.1) is 5.10 Å². The summed E-state index contributed by atoms with van der Waals surface area (Å²) in [6, 6.07) is 16.2. The van der Waals surface area contributed by atoms with Crippen LogP contribution in [0.15, 0.2) is 48.5 Å². The summed E-state index contributed by atoms with van der Waals surface area (Å²) in [5, 5.41) is 11.4. The van der Waals surface area contributed by atoms with Crippen molar-refractivity contribution in [1.29, 1.82) is 0 Å². The molecule has 6 heteroatoms. The standard InChI is InChI=1S/C20H23N5O/c1-2-25-19-9-8-16(12-18(19)22-23-25)20(26)21-17-10-11-24(14-17)13-15-6-4-3-5-7-15/h3-9,12,17H,2,10-11,13-14H2,1H3,(H,21,26). The van der Waals surface area contributed by atoms with E-state index in [2.05, 4.69) is 44.8 Å². The summed E-state index contributed by atoms with van der Waals surface area (Å²) in [6.45, 7) is 5.61. The van der Waals surface area contributed by atoms with E-state index in [1.165, 1.54) is 5.56 Å². The quantitative estimate of drug-likeness (QED) is 0.769. The Bertz CT molecular complexity index is 905. The molecule has 1 amide bonds. The number of hydrogen-bond acceptors (Lipinski definition) is 4. The summed E-state index contributed by atoms with van der Waals surface area (Å²) < 4.78 is 1.83. The SMILES string of the molecule is CCn1nnc2cc(C(=O)NC3CCN(Cc4ccccc4)C3)ccc21. The number of nitrogens with zero attached hydrogens (tertiary/aromatic N) is 4. The van der Waals surface area contributed by atoms with Crippen molar-refractivity contribution in [2.45, 2.75) is 32.5 Å². The zero-order valence-electron chi connectivity index (χ0n) is 14.9. The van der Waals surface area contributed by atoms with Crippen LogP contribution < -0.4 is 5.32 Å². The molecule has 2 heterocycles. The fourth-order valence-electron chi connectivity index (χ4n) is 3.55. The number of likely N-dealkylation sites (tertiary alicyclic amines) is 1. The normalized spacial score (nSPS) is 17.7. The van der Waals surface area contributed by atoms with Crippen molar-refractivity contribution < 1.29 is 4.79 Å². The number of carbonyl (C=O) groups is 1. The fraction of sp³-hybridized carbons (Fsp3) is 0.350. The van der Waals surface area contributed by atoms with E-state index in [4.69, 9.17) is 0 Å². The molecule has 0 spiro atoms. The first-order valence-electron chi connectivity index (χ1n) is 9.13. The molecule has 2 aromatic carbocycles. The van der Waals surface area contributed by atoms with Crippen molar-refractivity contribution in [3.8, 4) is 0 Å². The first-order valence-corrected chi connectivity index (χ1v) is 9.13. The molecule has 1 unspecified atom stereocenters. The van der Waals surface area contributed by atoms with Crippen LogP contribution in [0, 0.1) is 0 Å². The third-order valence-electron chi connectivity index (χ3n) is 4.93. The maximum atomic E-state index is 12.6. The molecule has 1 atom stereocenters. The Morgan fingerprint density at radius 1 is 1.23 bits per heavy atom. The lowest BCUT2D eigenvalue weighted by Crippen LogP contribution is -2.37. The van der Waals surface area contributed by atoms with Crippen LogP contribution in [0.1, 0.15) is 29.3 Å². The molecule has 6 nitrogen and oxygen atoms in total. The van der Waals surface area contributed by atoms with Crippen LogP contribution in [0.3, 0.4) is 0 Å². The highest BCUT2D eigenvalue weighted by Gasteiger charge is 2.24. The van der Waals surface area contributed by atoms with E-state index in [0.29, 0.717) is 5.56 Å². The lowest BCUT2D eigenvalue weighted by atomic mass is 10.1. The van der Waals surface area contributed by atoms with Gasteiger partial charge in [-0.3, -0.25) is 9.69 Å². The molecule has 1 aliphatic heterocycles. The maximum Gasteiger partial charge on any atom is 0.251 e. The van der Waals surface area contributed by atoms with E-state index in [1.807, 2.05) is 35.9 Å². The van der Waals surface area contributed by atoms with Crippen LogP contribution in [0.25, 0.3) is 11.0 Å². The van der Waals surface area contributed by atoms with Crippen LogP contribution in [0.2, 0.25) is 0 Å². The number of aromatic nitrogens is 3. The molecule has 1 fully saturated rings. The zero-order valence-corrected chi connectivity index (χ0v) is 14.9. The Morgan fingerprint density at radius 2 is 2.08 bits per heavy atom. The lowest BCUT2D eigenvalue weighted by Gasteiger charge is -2.17. The molecular formula is C20H23N5O. The summed E-state index contributed by atoms with van der Waals surface area (Å²) in [5.41, 5.74) is 3.67. The third-order valence-corrected chi connectivity index (χ3v) is 4.93. The van der Waals surface area contributed by atoms with Gasteiger partial charge in [-0.05, 0) is 37.1 Å². The number of carbonyl (C=O) groups excluding carboxylic acids is 1. The van der Waals surface area contributed by atoms with Gasteiger partial charge in [-0.2, -0.15) is 0 Å². The Balaban J connectivity index is 1.38. The Labute approximate surface area is 152 Å². The second-order valence-electron chi connectivity index (χ2n) is 6.79. The van der Waals surface area contributed by atoms with Gasteiger partial charge in [-0.25, -0.2) is 4.68 Å². The highest BCUT2D eigenvalue weighted by atomic mass is 16.1. The van der Waals surface area contributed by atoms with Crippen LogP contribution >= 0.6 is 0 Å². The number of nitrogens with one attached hydrogen (secondary N) is 1. The lowest BCUT2D eigenvalue weighted by molar-refractivity contribution is 0.0937. The minimum absolute atomic E-state index is 0.0375. The van der Waals surface area contributed by atoms with Gasteiger partial charge in [0.2, 0.25) is 0 Å². The van der Waals surface area contributed by atoms with E-state index >= 15 is 0 Å². The van der Waals surface area contributed by atoms with Crippen molar-refractivity contribution in [1.82, 2.24) is 25.2 Å². The van der Waals surface area contributed by atoms with Crippen molar-refractivity contribution in [2.24, 2.45) is 0 Å². The van der Waals surface area contributed by atoms with Gasteiger partial charge in [0, 0.05) is 37.8 Å². The number of rotatable bonds is 5. The van der Waals surface area contributed by atoms with Crippen molar-refractivity contribution in [3.63, 3.8) is 0 Å². The number of amides is 1. The van der Waals surface area contributed by atoms with Gasteiger partial charge in [0.25, 0.3) is 5.91 Å². The average molecular weight is 349 g/mol. The monoisotopic (exact) mass is 349 g/mol. The van der Waals surface area contributed by atoms with Gasteiger partial charge in [0.05, 0.1) is 5.52 Å². The highest BCUT2D eigenvalue weighted by Crippen LogP contribution is 2.16. The summed E-state index contributed by atoms with van der Waals surface area (Å²) in [5.74, 6) is -0.0375. The third kappa shape index (κ3) is 3.46. The second kappa shape index (κ2) is 7.25. The molecule has 1 saturated heterocycles. The molecule has 4 rings (SSSR count). The number of aryl methyl sites for hydroxylation is 1. The summed E-state index contributed by atoms with van der Waals surface area (Å²) >= 11 is 0. The number of fused-ring (bicyclic) bond motifs is 1. The summed E-state index contributed by atoms with van der Waals surface area (Å²) in [6.07, 6.45) is 0.979. The molecule has 1 N–H and O–H groups in total. The summed E-state index contributed by atoms with van der Waals surface area (Å²) in [4.78, 5) is 15.0. The predicted molar refractivity (Wildman–Crippen MR) is 101 cm³/mol. The van der Waals surface area contributed by atoms with E-state index in [1.54, 1.807) is 0 Å². The fourth-order valence-corrected chi connectivity index (χ4v) is 3.55. The highest BCUT2D eigenvalue weighted by molar-refractivity contribution is 5.97. The van der Waals surface area contributed by atoms with Crippen molar-refractivity contribution in [2.75, 3.05) is 13.1 Å². The molecule has 0 radical (unpaired) electrons. The molecule has 1 aliphatic rings. The molecule has 134 valence electrons. The number of hydrogen-bond donors (Lipinski definition) is 1. The van der Waals surface area contributed by atoms with Gasteiger partial charge < -0.3 is 5.32 Å². The van der Waals surface area contributed by atoms with Crippen LogP contribution in [-0.4, -0.2) is 44.9 Å². The second-order valence-corrected chi connectivity index (χ2v) is 6.79. The minimum Gasteiger partial charge on any atom is -0.348 e. The molecule has 1 aromatic heterocycles. The van der Waals surface area contributed by atoms with Crippen LogP contribution in [-0.2, 0) is 13.1 Å². The summed E-state index contributed by atoms with van der Waals surface area (Å²) in [7, 11) is 0. The smallest absolute Gasteiger partial charge is 0.251 e. The maximum absolute atomic E-state index is 12.6. The Hall–Kier alpha value is -2.73. The van der Waals surface area contributed by atoms with Crippen molar-refractivity contribution in [3.05, 3.63) is 59.7 Å². The molecule has 0 aliphatic carbocycles. The first kappa shape index (κ1) is 16.7. The number of benzene rings is 2. The van der Waals surface area contributed by atoms with Gasteiger partial charge >= 0.3 is 0 Å². The molecule has 0 bridgehead atoms. The topological polar surface area (TPSA) is 63.1 Å². The predicted octanol–water partition coefficient (Wildman–Crippen LogP) is 2.46. The first-order chi connectivity index (χ1) is 12.7. The largest absolute Gasteiger partial charge is 0.348 e.